The predicted octanol–water partition coefficient (Wildman–Crippen LogP) is 3.99. The van der Waals surface area contributed by atoms with Crippen molar-refractivity contribution in [3.8, 4) is 0 Å². The number of pyridine rings is 1. The monoisotopic (exact) mass is 377 g/mol. The number of hydrogen-bond donors (Lipinski definition) is 0. The third kappa shape index (κ3) is 3.90. The highest BCUT2D eigenvalue weighted by molar-refractivity contribution is 5.84. The van der Waals surface area contributed by atoms with Crippen LogP contribution >= 0.6 is 0 Å². The molecule has 148 valence electrons. The second kappa shape index (κ2) is 7.92. The van der Waals surface area contributed by atoms with Crippen LogP contribution in [-0.2, 0) is 6.54 Å². The lowest BCUT2D eigenvalue weighted by atomic mass is 9.96. The number of aryl methyl sites for hydroxylation is 2. The van der Waals surface area contributed by atoms with Crippen LogP contribution in [0.15, 0.2) is 36.7 Å². The molecule has 0 spiro atoms. The van der Waals surface area contributed by atoms with E-state index < -0.39 is 0 Å². The highest BCUT2D eigenvalue weighted by Gasteiger charge is 2.26. The maximum Gasteiger partial charge on any atom is 0.129 e. The second-order valence-electron chi connectivity index (χ2n) is 8.39. The molecule has 0 radical (unpaired) electrons. The van der Waals surface area contributed by atoms with E-state index in [0.29, 0.717) is 5.92 Å². The minimum atomic E-state index is 0.460. The van der Waals surface area contributed by atoms with Gasteiger partial charge in [-0.05, 0) is 64.5 Å². The number of likely N-dealkylation sites (N-methyl/N-ethyl adjacent to an activating group) is 1. The zero-order valence-corrected chi connectivity index (χ0v) is 17.5. The molecule has 1 saturated heterocycles. The lowest BCUT2D eigenvalue weighted by Gasteiger charge is -2.34. The molecule has 2 aromatic heterocycles. The third-order valence-corrected chi connectivity index (χ3v) is 5.80. The fourth-order valence-electron chi connectivity index (χ4n) is 4.23. The fraction of sp³-hybridized carbons (Fsp3) is 0.478. The first-order valence-electron chi connectivity index (χ1n) is 10.3. The van der Waals surface area contributed by atoms with E-state index in [9.17, 15) is 0 Å². The van der Waals surface area contributed by atoms with Crippen molar-refractivity contribution in [2.45, 2.75) is 39.2 Å². The van der Waals surface area contributed by atoms with E-state index in [0.717, 1.165) is 37.5 Å². The Morgan fingerprint density at radius 1 is 1.18 bits per heavy atom. The molecule has 0 N–H and O–H groups in total. The van der Waals surface area contributed by atoms with Gasteiger partial charge in [-0.25, -0.2) is 9.97 Å². The number of fused-ring (bicyclic) bond motifs is 1. The van der Waals surface area contributed by atoms with Crippen molar-refractivity contribution in [2.75, 3.05) is 38.6 Å². The van der Waals surface area contributed by atoms with Crippen LogP contribution in [0.1, 0.15) is 35.7 Å². The number of piperidine rings is 1. The molecule has 3 aromatic rings. The minimum absolute atomic E-state index is 0.460. The number of nitrogens with zero attached hydrogens (tertiary/aromatic N) is 5. The van der Waals surface area contributed by atoms with Crippen LogP contribution in [0.2, 0.25) is 0 Å². The molecule has 5 heteroatoms. The molecule has 0 unspecified atom stereocenters. The highest BCUT2D eigenvalue weighted by atomic mass is 15.2. The van der Waals surface area contributed by atoms with Crippen LogP contribution in [0.4, 0.5) is 5.82 Å². The Kier molecular flexibility index (Phi) is 5.36. The number of hydrogen-bond acceptors (Lipinski definition) is 4. The van der Waals surface area contributed by atoms with Crippen LogP contribution in [0.5, 0.6) is 0 Å². The maximum atomic E-state index is 4.99. The summed E-state index contributed by atoms with van der Waals surface area (Å²) in [7, 11) is 4.24. The first kappa shape index (κ1) is 18.9. The molecule has 5 nitrogen and oxygen atoms in total. The van der Waals surface area contributed by atoms with Crippen molar-refractivity contribution < 1.29 is 0 Å². The van der Waals surface area contributed by atoms with Gasteiger partial charge in [0, 0.05) is 49.9 Å². The van der Waals surface area contributed by atoms with Gasteiger partial charge >= 0.3 is 0 Å². The van der Waals surface area contributed by atoms with E-state index in [2.05, 4.69) is 72.8 Å². The average molecular weight is 378 g/mol. The van der Waals surface area contributed by atoms with E-state index in [1.165, 1.54) is 35.2 Å². The molecular formula is C23H31N5. The topological polar surface area (TPSA) is 37.2 Å². The molecule has 1 aliphatic rings. The molecule has 4 rings (SSSR count). The van der Waals surface area contributed by atoms with E-state index in [4.69, 9.17) is 9.97 Å². The number of aromatic nitrogens is 3. The van der Waals surface area contributed by atoms with Crippen molar-refractivity contribution >= 4 is 16.7 Å². The maximum absolute atomic E-state index is 4.99. The summed E-state index contributed by atoms with van der Waals surface area (Å²) in [5.74, 6) is 2.78. The van der Waals surface area contributed by atoms with Gasteiger partial charge in [-0.3, -0.25) is 0 Å². The SMILES string of the molecule is Cc1ccc2nc(N3CCC[C@H](c4nccn4CCN(C)C)C3)cc(C)c2c1. The molecule has 3 heterocycles. The summed E-state index contributed by atoms with van der Waals surface area (Å²) in [5.41, 5.74) is 3.68. The Balaban J connectivity index is 1.57. The van der Waals surface area contributed by atoms with Crippen molar-refractivity contribution in [2.24, 2.45) is 0 Å². The molecular weight excluding hydrogens is 346 g/mol. The van der Waals surface area contributed by atoms with Crippen molar-refractivity contribution in [1.29, 1.82) is 0 Å². The molecule has 0 saturated carbocycles. The molecule has 28 heavy (non-hydrogen) atoms. The Hall–Kier alpha value is -2.40. The van der Waals surface area contributed by atoms with Crippen molar-refractivity contribution in [1.82, 2.24) is 19.4 Å². The van der Waals surface area contributed by atoms with Crippen LogP contribution in [-0.4, -0.2) is 53.2 Å². The summed E-state index contributed by atoms with van der Waals surface area (Å²) in [6.45, 7) is 8.42. The molecule has 1 aromatic carbocycles. The molecule has 1 fully saturated rings. The van der Waals surface area contributed by atoms with Gasteiger partial charge in [0.1, 0.15) is 11.6 Å². The minimum Gasteiger partial charge on any atom is -0.356 e. The summed E-state index contributed by atoms with van der Waals surface area (Å²) in [5, 5.41) is 1.26. The van der Waals surface area contributed by atoms with Gasteiger partial charge in [0.25, 0.3) is 0 Å². The number of anilines is 1. The second-order valence-corrected chi connectivity index (χ2v) is 8.39. The lowest BCUT2D eigenvalue weighted by Crippen LogP contribution is -2.36. The van der Waals surface area contributed by atoms with Gasteiger partial charge in [-0.1, -0.05) is 11.6 Å². The van der Waals surface area contributed by atoms with Crippen LogP contribution < -0.4 is 4.90 Å². The molecule has 0 amide bonds. The fourth-order valence-corrected chi connectivity index (χ4v) is 4.23. The molecule has 0 bridgehead atoms. The molecule has 1 aliphatic heterocycles. The quantitative estimate of drug-likeness (QED) is 0.674. The Bertz CT molecular complexity index is 959. The zero-order valence-electron chi connectivity index (χ0n) is 17.5. The average Bonchev–Trinajstić information content (AvgIpc) is 3.15. The van der Waals surface area contributed by atoms with Crippen molar-refractivity contribution in [3.63, 3.8) is 0 Å². The largest absolute Gasteiger partial charge is 0.356 e. The van der Waals surface area contributed by atoms with Crippen LogP contribution in [0.3, 0.4) is 0 Å². The molecule has 0 aliphatic carbocycles. The molecule has 1 atom stereocenters. The predicted molar refractivity (Wildman–Crippen MR) is 116 cm³/mol. The Morgan fingerprint density at radius 2 is 2.04 bits per heavy atom. The van der Waals surface area contributed by atoms with Crippen molar-refractivity contribution in [3.05, 3.63) is 53.6 Å². The number of imidazole rings is 1. The van der Waals surface area contributed by atoms with E-state index >= 15 is 0 Å². The van der Waals surface area contributed by atoms with E-state index in [1.54, 1.807) is 0 Å². The van der Waals surface area contributed by atoms with Gasteiger partial charge in [-0.2, -0.15) is 0 Å². The van der Waals surface area contributed by atoms with Gasteiger partial charge in [-0.15, -0.1) is 0 Å². The summed E-state index contributed by atoms with van der Waals surface area (Å²) in [4.78, 5) is 14.4. The summed E-state index contributed by atoms with van der Waals surface area (Å²) < 4.78 is 2.33. The first-order chi connectivity index (χ1) is 13.5. The lowest BCUT2D eigenvalue weighted by molar-refractivity contribution is 0.373. The Morgan fingerprint density at radius 3 is 2.86 bits per heavy atom. The van der Waals surface area contributed by atoms with Gasteiger partial charge < -0.3 is 14.4 Å². The zero-order chi connectivity index (χ0) is 19.7. The Labute approximate surface area is 168 Å². The first-order valence-corrected chi connectivity index (χ1v) is 10.3. The van der Waals surface area contributed by atoms with E-state index in [1.807, 2.05) is 6.20 Å². The summed E-state index contributed by atoms with van der Waals surface area (Å²) in [6.07, 6.45) is 6.45. The standard InChI is InChI=1S/C23H31N5/c1-17-7-8-21-20(14-17)18(2)15-22(25-21)28-10-5-6-19(16-28)23-24-9-11-27(23)13-12-26(3)4/h7-9,11,14-15,19H,5-6,10,12-13,16H2,1-4H3/t19-/m0/s1. The summed E-state index contributed by atoms with van der Waals surface area (Å²) in [6, 6.07) is 8.79. The summed E-state index contributed by atoms with van der Waals surface area (Å²) >= 11 is 0. The third-order valence-electron chi connectivity index (χ3n) is 5.80. The smallest absolute Gasteiger partial charge is 0.129 e. The van der Waals surface area contributed by atoms with Crippen LogP contribution in [0.25, 0.3) is 10.9 Å². The van der Waals surface area contributed by atoms with Gasteiger partial charge in [0.2, 0.25) is 0 Å². The number of benzene rings is 1. The van der Waals surface area contributed by atoms with Gasteiger partial charge in [0.05, 0.1) is 5.52 Å². The van der Waals surface area contributed by atoms with Gasteiger partial charge in [0.15, 0.2) is 0 Å². The normalized spacial score (nSPS) is 17.6. The highest BCUT2D eigenvalue weighted by Crippen LogP contribution is 2.30. The van der Waals surface area contributed by atoms with Crippen LogP contribution in [0, 0.1) is 13.8 Å². The van der Waals surface area contributed by atoms with E-state index in [-0.39, 0.29) is 0 Å². The number of rotatable bonds is 5.